The Labute approximate surface area is 877 Å². The van der Waals surface area contributed by atoms with Gasteiger partial charge in [-0.15, -0.1) is 0 Å². The van der Waals surface area contributed by atoms with Crippen LogP contribution in [0.1, 0.15) is 110 Å². The van der Waals surface area contributed by atoms with Crippen molar-refractivity contribution in [3.63, 3.8) is 0 Å². The van der Waals surface area contributed by atoms with E-state index < -0.39 is 253 Å². The topological polar surface area (TPSA) is 726 Å². The number of rotatable bonds is 53. The zero-order valence-electron chi connectivity index (χ0n) is 84.7. The zero-order chi connectivity index (χ0) is 109. The van der Waals surface area contributed by atoms with Crippen molar-refractivity contribution in [1.29, 1.82) is 0 Å². The van der Waals surface area contributed by atoms with E-state index in [0.29, 0.717) is 105 Å². The fraction of sp³-hybridized carbons (Fsp3) is 0.588. The summed E-state index contributed by atoms with van der Waals surface area (Å²) in [5, 5.41) is 69.7. The number of aromatic nitrogens is 4. The first-order valence-corrected chi connectivity index (χ1v) is 52.9. The quantitative estimate of drug-likeness (QED) is 0.0104. The molecule has 53 heteroatoms. The third kappa shape index (κ3) is 43.7. The number of aliphatic hydroxyl groups is 1. The van der Waals surface area contributed by atoms with Crippen molar-refractivity contribution < 1.29 is 144 Å². The standard InChI is InChI=1S/C97H140N20O30S3/c1-54(2)38-70-93(135)116-83(55(3)4)96(138)112-72(42-62-46-102-68-15-11-9-13-65(62)68)90(132)115-77(95(137)117-84(57(6)118)85(98)127)51-150-149-50-76(114-92(134)74(44-82(125)126)108-78(120)20-22-140-24-26-142-28-30-144-32-34-146-36-37-147-35-33-145-31-29-143-27-25-141-23-21-100-58(7)119)94(136)106-56(5)86(128)109-71(41-61-45-101-67-14-10-8-12-64(61)67)89(131)111-73(43-63-47-99-53-105-63)91(133)113-75(48-103-80(122)52-148-97(139)66-40-59-16-17-60(66)39-59)87(129)104-49-79(121)107-69(88(130)110-70)18-19-81(123)124/h8-17,45-47,53-57,59-60,66,69-77,83-84,101-102,118H,18-44,48-52H2,1-7H3,(H2,98,127)(H,99,105)(H,100,119)(H,103,122)(H,104,129)(H,106,136)(H,107,121)(H,108,120)(H,109,128)(H,110,130)(H,111,131)(H,112,138)(H,113,133)(H,114,134)(H,115,132)(H,116,135)(H,117,137)(H,123,124)(H,125,126)/t56-,57?,59?,60?,66?,69-,70-,71-,72-,73-,74-,75-,76-,77-,83?,84-/m0/s1. The van der Waals surface area contributed by atoms with E-state index >= 15 is 28.8 Å². The molecule has 5 aromatic rings. The second-order valence-electron chi connectivity index (χ2n) is 36.5. The van der Waals surface area contributed by atoms with Crippen molar-refractivity contribution in [2.24, 2.45) is 35.3 Å². The molecule has 23 N–H and O–H groups in total. The summed E-state index contributed by atoms with van der Waals surface area (Å²) >= 11 is 0.747. The lowest BCUT2D eigenvalue weighted by atomic mass is 9.95. The smallest absolute Gasteiger partial charge is 0.305 e. The van der Waals surface area contributed by atoms with Crippen LogP contribution in [0.4, 0.5) is 0 Å². The highest BCUT2D eigenvalue weighted by Gasteiger charge is 2.43. The van der Waals surface area contributed by atoms with Crippen LogP contribution < -0.4 is 85.5 Å². The lowest BCUT2D eigenvalue weighted by Crippen LogP contribution is -2.61. The largest absolute Gasteiger partial charge is 0.481 e. The molecule has 2 fully saturated rings. The van der Waals surface area contributed by atoms with E-state index in [1.807, 2.05) is 12.2 Å². The molecule has 2 aliphatic carbocycles. The van der Waals surface area contributed by atoms with Gasteiger partial charge in [0.25, 0.3) is 0 Å². The summed E-state index contributed by atoms with van der Waals surface area (Å²) in [7, 11) is 1.45. The zero-order valence-corrected chi connectivity index (χ0v) is 87.2. The minimum Gasteiger partial charge on any atom is -0.481 e. The Morgan fingerprint density at radius 2 is 1.05 bits per heavy atom. The average molecular weight is 2160 g/mol. The number of aliphatic carboxylic acids is 2. The molecule has 2 bridgehead atoms. The highest BCUT2D eigenvalue weighted by Crippen LogP contribution is 2.45. The van der Waals surface area contributed by atoms with Crippen LogP contribution in [0, 0.1) is 29.6 Å². The fourth-order valence-corrected chi connectivity index (χ4v) is 19.1. The number of amides is 16. The maximum Gasteiger partial charge on any atom is 0.305 e. The Kier molecular flexibility index (Phi) is 53.4. The number of thioether (sulfide) groups is 1. The Morgan fingerprint density at radius 1 is 0.527 bits per heavy atom. The number of fused-ring (bicyclic) bond motifs is 4. The van der Waals surface area contributed by atoms with Gasteiger partial charge in [-0.25, -0.2) is 4.98 Å². The lowest BCUT2D eigenvalue weighted by Gasteiger charge is -2.29. The molecule has 5 unspecified atom stereocenters. The summed E-state index contributed by atoms with van der Waals surface area (Å²) in [6.07, 6.45) is 5.22. The number of carboxylic acids is 2. The van der Waals surface area contributed by atoms with Crippen molar-refractivity contribution in [3.05, 3.63) is 102 Å². The van der Waals surface area contributed by atoms with Crippen LogP contribution in [0.15, 0.2) is 85.6 Å². The number of hydrogen-bond donors (Lipinski definition) is 22. The van der Waals surface area contributed by atoms with E-state index in [1.165, 1.54) is 40.2 Å². The van der Waals surface area contributed by atoms with Gasteiger partial charge < -0.3 is 154 Å². The molecule has 0 spiro atoms. The molecule has 826 valence electrons. The summed E-state index contributed by atoms with van der Waals surface area (Å²) in [6.45, 7) is 12.8. The summed E-state index contributed by atoms with van der Waals surface area (Å²) in [4.78, 5) is 282. The number of ether oxygens (including phenoxy) is 8. The van der Waals surface area contributed by atoms with Crippen LogP contribution >= 0.6 is 33.3 Å². The number of carboxylic acid groups (broad SMARTS) is 2. The highest BCUT2D eigenvalue weighted by molar-refractivity contribution is 8.76. The number of hydrogen-bond acceptors (Lipinski definition) is 32. The van der Waals surface area contributed by atoms with Gasteiger partial charge in [0.15, 0.2) is 5.12 Å². The van der Waals surface area contributed by atoms with Crippen LogP contribution in [0.5, 0.6) is 0 Å². The molecule has 2 aromatic carbocycles. The maximum absolute atomic E-state index is 15.4. The van der Waals surface area contributed by atoms with Crippen molar-refractivity contribution in [3.8, 4) is 0 Å². The second kappa shape index (κ2) is 65.4. The Balaban J connectivity index is 1.06. The third-order valence-electron chi connectivity index (χ3n) is 23.8. The maximum atomic E-state index is 15.4. The van der Waals surface area contributed by atoms with Crippen molar-refractivity contribution >= 4 is 167 Å². The number of benzene rings is 2. The van der Waals surface area contributed by atoms with Crippen molar-refractivity contribution in [2.75, 3.05) is 143 Å². The van der Waals surface area contributed by atoms with Crippen LogP contribution in [-0.2, 0) is 148 Å². The molecule has 4 heterocycles. The molecular weight excluding hydrogens is 2020 g/mol. The summed E-state index contributed by atoms with van der Waals surface area (Å²) in [5.74, 6) is -22.5. The first-order chi connectivity index (χ1) is 71.8. The van der Waals surface area contributed by atoms with Gasteiger partial charge in [-0.3, -0.25) is 91.1 Å². The van der Waals surface area contributed by atoms with E-state index in [0.717, 1.165) is 46.7 Å². The molecule has 0 radical (unpaired) electrons. The van der Waals surface area contributed by atoms with E-state index in [-0.39, 0.29) is 100.0 Å². The number of primary amides is 1. The van der Waals surface area contributed by atoms with E-state index in [9.17, 15) is 77.6 Å². The normalized spacial score (nSPS) is 22.0. The second-order valence-corrected chi connectivity index (χ2v) is 40.1. The molecule has 16 amide bonds. The predicted molar refractivity (Wildman–Crippen MR) is 547 cm³/mol. The first-order valence-electron chi connectivity index (χ1n) is 49.4. The molecular formula is C97H140N20O30S3. The number of nitrogens with two attached hydrogens (primary N) is 1. The highest BCUT2D eigenvalue weighted by atomic mass is 33.1. The Morgan fingerprint density at radius 3 is 1.57 bits per heavy atom. The van der Waals surface area contributed by atoms with Crippen LogP contribution in [0.25, 0.3) is 21.8 Å². The summed E-state index contributed by atoms with van der Waals surface area (Å²) in [5.41, 5.74) is 7.81. The van der Waals surface area contributed by atoms with E-state index in [1.54, 1.807) is 74.8 Å². The van der Waals surface area contributed by atoms with Crippen LogP contribution in [-0.4, -0.2) is 368 Å². The van der Waals surface area contributed by atoms with E-state index in [2.05, 4.69) is 99.7 Å². The molecule has 150 heavy (non-hydrogen) atoms. The molecule has 1 saturated carbocycles. The molecule has 3 aliphatic rings. The molecule has 16 atom stereocenters. The summed E-state index contributed by atoms with van der Waals surface area (Å²) in [6, 6.07) is -7.42. The van der Waals surface area contributed by atoms with Gasteiger partial charge in [-0.1, -0.05) is 110 Å². The molecule has 1 saturated heterocycles. The van der Waals surface area contributed by atoms with Crippen LogP contribution in [0.3, 0.4) is 0 Å². The molecule has 8 rings (SSSR count). The first kappa shape index (κ1) is 122. The van der Waals surface area contributed by atoms with Gasteiger partial charge in [0.2, 0.25) is 94.5 Å². The Hall–Kier alpha value is -12.7. The number of para-hydroxylation sites is 2. The lowest BCUT2D eigenvalue weighted by molar-refractivity contribution is -0.141. The SMILES string of the molecule is CC(=O)NCCOCCOCCOCCOCCOCCOCCOCCOCCC(=O)N[C@@H](CC(=O)O)C(=O)N[C@H]1CSSC[C@@H](C(=O)N[C@H](C(N)=O)C(C)O)NC(=O)[C@H](Cc2c[nH]c3ccccc23)NC(=O)C(C(C)C)NC(=O)[C@H](CC(C)C)NC(=O)[C@H](CCC(=O)O)NC(=O)CNC(=O)[C@H](CNC(=O)CSC(=O)C2CC3C=CC2C3)NC(=O)[C@H](Cc2c[nH]cn2)NC(=O)[C@H](Cc2c[nH]c3ccccc23)NC(=O)[C@H](C)NC1=O. The number of imidazole rings is 1. The molecule has 1 aliphatic heterocycles. The predicted octanol–water partition coefficient (Wildman–Crippen LogP) is -3.10. The minimum atomic E-state index is -1.93. The van der Waals surface area contributed by atoms with Crippen LogP contribution in [0.2, 0.25) is 0 Å². The minimum absolute atomic E-state index is 0.00377. The molecule has 50 nitrogen and oxygen atoms in total. The number of nitrogens with zero attached hydrogens (tertiary/aromatic N) is 1. The van der Waals surface area contributed by atoms with Gasteiger partial charge in [-0.2, -0.15) is 0 Å². The summed E-state index contributed by atoms with van der Waals surface area (Å²) < 4.78 is 44.1. The van der Waals surface area contributed by atoms with Gasteiger partial charge >= 0.3 is 11.9 Å². The molecule has 3 aromatic heterocycles. The number of carbonyl (C=O) groups excluding carboxylic acids is 17. The monoisotopic (exact) mass is 2160 g/mol. The van der Waals surface area contributed by atoms with Gasteiger partial charge in [0.05, 0.1) is 143 Å². The van der Waals surface area contributed by atoms with Crippen molar-refractivity contribution in [1.82, 2.24) is 99.7 Å². The Bertz CT molecular complexity index is 5340. The number of carbonyl (C=O) groups is 19. The van der Waals surface area contributed by atoms with Gasteiger partial charge in [-0.05, 0) is 86.5 Å². The van der Waals surface area contributed by atoms with E-state index in [4.69, 9.17) is 43.6 Å². The number of aromatic amines is 3. The number of H-pyrrole nitrogens is 3. The third-order valence-corrected chi connectivity index (χ3v) is 27.2. The fourth-order valence-electron chi connectivity index (χ4n) is 16.0. The number of aliphatic hydroxyl groups excluding tert-OH is 1. The van der Waals surface area contributed by atoms with Gasteiger partial charge in [0.1, 0.15) is 72.5 Å². The van der Waals surface area contributed by atoms with Gasteiger partial charge in [0, 0.05) is 110 Å². The number of allylic oxidation sites excluding steroid dienone is 2. The average Bonchev–Trinajstić information content (AvgIpc) is 1.66. The number of nitrogens with one attached hydrogen (secondary N) is 18. The van der Waals surface area contributed by atoms with Crippen molar-refractivity contribution in [2.45, 2.75) is 191 Å².